The molecule has 0 saturated heterocycles. The fourth-order valence-corrected chi connectivity index (χ4v) is 2.42. The maximum atomic E-state index is 12.8. The Morgan fingerprint density at radius 2 is 2.14 bits per heavy atom. The van der Waals surface area contributed by atoms with Gasteiger partial charge in [0.2, 0.25) is 0 Å². The summed E-state index contributed by atoms with van der Waals surface area (Å²) in [6.45, 7) is 0.803. The van der Waals surface area contributed by atoms with Crippen molar-refractivity contribution in [1.29, 1.82) is 0 Å². The first-order valence-corrected chi connectivity index (χ1v) is 6.38. The monoisotopic (exact) mass is 313 g/mol. The van der Waals surface area contributed by atoms with Crippen LogP contribution in [0.2, 0.25) is 0 Å². The molecule has 22 heavy (non-hydrogen) atoms. The summed E-state index contributed by atoms with van der Waals surface area (Å²) >= 11 is 0. The van der Waals surface area contributed by atoms with Crippen LogP contribution in [0.3, 0.4) is 0 Å². The number of nitrogens with one attached hydrogen (secondary N) is 1. The fourth-order valence-electron chi connectivity index (χ4n) is 2.42. The molecule has 1 aliphatic rings. The zero-order valence-corrected chi connectivity index (χ0v) is 11.1. The van der Waals surface area contributed by atoms with Crippen molar-refractivity contribution in [2.45, 2.75) is 19.2 Å². The van der Waals surface area contributed by atoms with Gasteiger partial charge in [0, 0.05) is 29.3 Å². The molecular formula is C13H10F3N3O3. The van der Waals surface area contributed by atoms with E-state index in [0.717, 1.165) is 17.3 Å². The topological polar surface area (TPSA) is 81.0 Å². The summed E-state index contributed by atoms with van der Waals surface area (Å²) in [7, 11) is 0. The van der Waals surface area contributed by atoms with Crippen molar-refractivity contribution in [1.82, 2.24) is 10.2 Å². The van der Waals surface area contributed by atoms with Crippen molar-refractivity contribution >= 4 is 5.69 Å². The van der Waals surface area contributed by atoms with Crippen LogP contribution in [-0.4, -0.2) is 21.7 Å². The fraction of sp³-hybridized carbons (Fsp3) is 0.308. The molecule has 0 radical (unpaired) electrons. The minimum atomic E-state index is -4.78. The van der Waals surface area contributed by atoms with Crippen LogP contribution in [0.25, 0.3) is 11.3 Å². The second-order valence-corrected chi connectivity index (χ2v) is 4.82. The predicted molar refractivity (Wildman–Crippen MR) is 69.0 cm³/mol. The molecule has 0 spiro atoms. The number of ether oxygens (including phenoxy) is 1. The molecular weight excluding hydrogens is 303 g/mol. The number of halogens is 3. The Morgan fingerprint density at radius 3 is 2.82 bits per heavy atom. The Labute approximate surface area is 122 Å². The standard InChI is InChI=1S/C13H10F3N3O3/c14-13(15,16)9-2-1-7(5-11(9)19(20)21)12-8-6-22-4-3-10(8)17-18-12/h1-2,5H,3-4,6H2,(H,17,18). The molecule has 0 bridgehead atoms. The van der Waals surface area contributed by atoms with Gasteiger partial charge >= 0.3 is 6.18 Å². The Hall–Kier alpha value is -2.42. The molecule has 116 valence electrons. The smallest absolute Gasteiger partial charge is 0.376 e. The third-order valence-electron chi connectivity index (χ3n) is 3.47. The number of alkyl halides is 3. The molecule has 1 aromatic heterocycles. The number of nitro benzene ring substituents is 1. The molecule has 2 aromatic rings. The minimum Gasteiger partial charge on any atom is -0.376 e. The summed E-state index contributed by atoms with van der Waals surface area (Å²) < 4.78 is 43.7. The number of nitro groups is 1. The highest BCUT2D eigenvalue weighted by molar-refractivity contribution is 5.68. The number of fused-ring (bicyclic) bond motifs is 1. The quantitative estimate of drug-likeness (QED) is 0.682. The van der Waals surface area contributed by atoms with Crippen LogP contribution in [0.1, 0.15) is 16.8 Å². The number of hydrogen-bond acceptors (Lipinski definition) is 4. The average molecular weight is 313 g/mol. The summed E-state index contributed by atoms with van der Waals surface area (Å²) in [5.41, 5.74) is -0.0706. The van der Waals surface area contributed by atoms with Crippen LogP contribution in [0.5, 0.6) is 0 Å². The molecule has 0 fully saturated rings. The van der Waals surface area contributed by atoms with Gasteiger partial charge in [-0.2, -0.15) is 18.3 Å². The lowest BCUT2D eigenvalue weighted by Gasteiger charge is -2.13. The van der Waals surface area contributed by atoms with Gasteiger partial charge in [-0.1, -0.05) is 6.07 Å². The van der Waals surface area contributed by atoms with Crippen molar-refractivity contribution in [3.8, 4) is 11.3 Å². The third-order valence-corrected chi connectivity index (χ3v) is 3.47. The lowest BCUT2D eigenvalue weighted by Crippen LogP contribution is -2.10. The number of benzene rings is 1. The van der Waals surface area contributed by atoms with E-state index in [-0.39, 0.29) is 12.2 Å². The second-order valence-electron chi connectivity index (χ2n) is 4.82. The average Bonchev–Trinajstić information content (AvgIpc) is 2.89. The Kier molecular flexibility index (Phi) is 3.36. The zero-order valence-electron chi connectivity index (χ0n) is 11.1. The van der Waals surface area contributed by atoms with E-state index >= 15 is 0 Å². The summed E-state index contributed by atoms with van der Waals surface area (Å²) in [5.74, 6) is 0. The molecule has 0 unspecified atom stereocenters. The van der Waals surface area contributed by atoms with Crippen molar-refractivity contribution in [2.75, 3.05) is 6.61 Å². The van der Waals surface area contributed by atoms with Crippen LogP contribution in [0.15, 0.2) is 18.2 Å². The number of rotatable bonds is 2. The Bertz CT molecular complexity index is 740. The van der Waals surface area contributed by atoms with Crippen molar-refractivity contribution in [3.63, 3.8) is 0 Å². The largest absolute Gasteiger partial charge is 0.422 e. The van der Waals surface area contributed by atoms with Crippen molar-refractivity contribution in [3.05, 3.63) is 45.1 Å². The van der Waals surface area contributed by atoms with Crippen LogP contribution >= 0.6 is 0 Å². The van der Waals surface area contributed by atoms with E-state index in [1.807, 2.05) is 0 Å². The van der Waals surface area contributed by atoms with Crippen LogP contribution in [0, 0.1) is 10.1 Å². The van der Waals surface area contributed by atoms with Gasteiger partial charge in [-0.15, -0.1) is 0 Å². The molecule has 6 nitrogen and oxygen atoms in total. The van der Waals surface area contributed by atoms with Gasteiger partial charge in [0.1, 0.15) is 5.56 Å². The summed E-state index contributed by atoms with van der Waals surface area (Å²) in [6.07, 6.45) is -4.17. The summed E-state index contributed by atoms with van der Waals surface area (Å²) in [4.78, 5) is 9.89. The van der Waals surface area contributed by atoms with Gasteiger partial charge in [-0.25, -0.2) is 0 Å². The maximum Gasteiger partial charge on any atom is 0.422 e. The van der Waals surface area contributed by atoms with Crippen LogP contribution in [-0.2, 0) is 23.9 Å². The van der Waals surface area contributed by atoms with Gasteiger partial charge in [0.25, 0.3) is 5.69 Å². The predicted octanol–water partition coefficient (Wildman–Crippen LogP) is 3.08. The molecule has 1 aromatic carbocycles. The van der Waals surface area contributed by atoms with E-state index in [0.29, 0.717) is 24.8 Å². The normalized spacial score (nSPS) is 14.7. The second kappa shape index (κ2) is 5.09. The third kappa shape index (κ3) is 2.43. The Balaban J connectivity index is 2.11. The van der Waals surface area contributed by atoms with Gasteiger partial charge < -0.3 is 4.74 Å². The van der Waals surface area contributed by atoms with E-state index in [9.17, 15) is 23.3 Å². The Morgan fingerprint density at radius 1 is 1.36 bits per heavy atom. The first-order valence-electron chi connectivity index (χ1n) is 6.38. The first kappa shape index (κ1) is 14.5. The van der Waals surface area contributed by atoms with Crippen LogP contribution in [0.4, 0.5) is 18.9 Å². The van der Waals surface area contributed by atoms with E-state index in [1.165, 1.54) is 6.07 Å². The highest BCUT2D eigenvalue weighted by atomic mass is 19.4. The zero-order chi connectivity index (χ0) is 15.9. The number of hydrogen-bond donors (Lipinski definition) is 1. The minimum absolute atomic E-state index is 0.253. The van der Waals surface area contributed by atoms with Crippen molar-refractivity contribution < 1.29 is 22.8 Å². The molecule has 0 amide bonds. The molecule has 2 heterocycles. The number of H-pyrrole nitrogens is 1. The number of aromatic nitrogens is 2. The molecule has 0 aliphatic carbocycles. The van der Waals surface area contributed by atoms with Gasteiger partial charge in [0.05, 0.1) is 23.8 Å². The lowest BCUT2D eigenvalue weighted by molar-refractivity contribution is -0.388. The summed E-state index contributed by atoms with van der Waals surface area (Å²) in [6, 6.07) is 2.78. The number of aromatic amines is 1. The lowest BCUT2D eigenvalue weighted by atomic mass is 10.0. The highest BCUT2D eigenvalue weighted by Gasteiger charge is 2.38. The van der Waals surface area contributed by atoms with E-state index in [1.54, 1.807) is 0 Å². The molecule has 1 N–H and O–H groups in total. The van der Waals surface area contributed by atoms with Crippen molar-refractivity contribution in [2.24, 2.45) is 0 Å². The molecule has 3 rings (SSSR count). The van der Waals surface area contributed by atoms with Gasteiger partial charge in [0.15, 0.2) is 0 Å². The molecule has 0 saturated carbocycles. The SMILES string of the molecule is O=[N+]([O-])c1cc(-c2n[nH]c3c2COCC3)ccc1C(F)(F)F. The van der Waals surface area contributed by atoms with E-state index < -0.39 is 22.4 Å². The highest BCUT2D eigenvalue weighted by Crippen LogP contribution is 2.39. The van der Waals surface area contributed by atoms with E-state index in [2.05, 4.69) is 10.2 Å². The molecule has 0 atom stereocenters. The summed E-state index contributed by atoms with van der Waals surface area (Å²) in [5, 5.41) is 17.8. The first-order chi connectivity index (χ1) is 10.4. The van der Waals surface area contributed by atoms with Crippen LogP contribution < -0.4 is 0 Å². The molecule has 1 aliphatic heterocycles. The van der Waals surface area contributed by atoms with E-state index in [4.69, 9.17) is 4.74 Å². The maximum absolute atomic E-state index is 12.8. The molecule has 9 heteroatoms. The number of nitrogens with zero attached hydrogens (tertiary/aromatic N) is 2. The van der Waals surface area contributed by atoms with Gasteiger partial charge in [-0.3, -0.25) is 15.2 Å². The van der Waals surface area contributed by atoms with Gasteiger partial charge in [-0.05, 0) is 6.07 Å².